The molecule has 8 heteroatoms. The van der Waals surface area contributed by atoms with Gasteiger partial charge in [-0.2, -0.15) is 0 Å². The summed E-state index contributed by atoms with van der Waals surface area (Å²) in [6, 6.07) is 3.66. The molecule has 0 spiro atoms. The van der Waals surface area contributed by atoms with Crippen LogP contribution in [0.15, 0.2) is 23.1 Å². The highest BCUT2D eigenvalue weighted by atomic mass is 32.2. The summed E-state index contributed by atoms with van der Waals surface area (Å²) in [5.41, 5.74) is 0.0866. The van der Waals surface area contributed by atoms with E-state index < -0.39 is 14.9 Å². The van der Waals surface area contributed by atoms with Crippen molar-refractivity contribution >= 4 is 21.4 Å². The summed E-state index contributed by atoms with van der Waals surface area (Å²) < 4.78 is 27.6. The van der Waals surface area contributed by atoms with Gasteiger partial charge < -0.3 is 5.32 Å². The Kier molecular flexibility index (Phi) is 4.79. The first-order chi connectivity index (χ1) is 9.94. The molecular formula is C13H19N3O4S. The maximum absolute atomic E-state index is 12.4. The van der Waals surface area contributed by atoms with E-state index in [2.05, 4.69) is 10.0 Å². The van der Waals surface area contributed by atoms with Crippen LogP contribution >= 0.6 is 0 Å². The molecule has 2 N–H and O–H groups in total. The van der Waals surface area contributed by atoms with Crippen LogP contribution in [-0.2, 0) is 10.0 Å². The molecule has 21 heavy (non-hydrogen) atoms. The Hall–Kier alpha value is -1.67. The molecule has 0 bridgehead atoms. The van der Waals surface area contributed by atoms with E-state index in [9.17, 15) is 18.5 Å². The van der Waals surface area contributed by atoms with Gasteiger partial charge in [0.15, 0.2) is 0 Å². The Bertz CT molecular complexity index is 624. The first-order valence-corrected chi connectivity index (χ1v) is 8.41. The van der Waals surface area contributed by atoms with Gasteiger partial charge in [-0.25, -0.2) is 13.1 Å². The van der Waals surface area contributed by atoms with Gasteiger partial charge in [0.25, 0.3) is 5.69 Å². The zero-order valence-electron chi connectivity index (χ0n) is 11.8. The molecule has 0 radical (unpaired) electrons. The second-order valence-electron chi connectivity index (χ2n) is 5.14. The molecule has 1 aromatic carbocycles. The third kappa shape index (κ3) is 3.70. The molecule has 1 fully saturated rings. The van der Waals surface area contributed by atoms with E-state index in [0.29, 0.717) is 0 Å². The second kappa shape index (κ2) is 6.40. The number of anilines is 1. The molecule has 1 aromatic rings. The highest BCUT2D eigenvalue weighted by Crippen LogP contribution is 2.27. The summed E-state index contributed by atoms with van der Waals surface area (Å²) >= 11 is 0. The van der Waals surface area contributed by atoms with Crippen LogP contribution in [0.25, 0.3) is 0 Å². The van der Waals surface area contributed by atoms with Crippen LogP contribution in [0.2, 0.25) is 0 Å². The highest BCUT2D eigenvalue weighted by molar-refractivity contribution is 7.89. The standard InChI is InChI=1S/C13H19N3O4S/c1-14-12-9-11(16(17)18)7-8-13(12)21(19,20)15-10-5-3-2-4-6-10/h7-10,14-15H,2-6H2,1H3. The van der Waals surface area contributed by atoms with Gasteiger partial charge in [-0.15, -0.1) is 0 Å². The van der Waals surface area contributed by atoms with Crippen LogP contribution in [0, 0.1) is 10.1 Å². The van der Waals surface area contributed by atoms with E-state index in [4.69, 9.17) is 0 Å². The molecule has 0 aromatic heterocycles. The fourth-order valence-electron chi connectivity index (χ4n) is 2.56. The van der Waals surface area contributed by atoms with Crippen molar-refractivity contribution < 1.29 is 13.3 Å². The number of hydrogen-bond acceptors (Lipinski definition) is 5. The van der Waals surface area contributed by atoms with Gasteiger partial charge in [-0.1, -0.05) is 19.3 Å². The molecule has 1 aliphatic rings. The Morgan fingerprint density at radius 2 is 1.90 bits per heavy atom. The molecule has 0 saturated heterocycles. The Morgan fingerprint density at radius 3 is 2.48 bits per heavy atom. The Labute approximate surface area is 123 Å². The highest BCUT2D eigenvalue weighted by Gasteiger charge is 2.25. The fraction of sp³-hybridized carbons (Fsp3) is 0.538. The number of hydrogen-bond donors (Lipinski definition) is 2. The topological polar surface area (TPSA) is 101 Å². The van der Waals surface area contributed by atoms with Crippen LogP contribution in [0.3, 0.4) is 0 Å². The predicted octanol–water partition coefficient (Wildman–Crippen LogP) is 2.25. The lowest BCUT2D eigenvalue weighted by Crippen LogP contribution is -2.36. The van der Waals surface area contributed by atoms with E-state index in [-0.39, 0.29) is 22.3 Å². The Morgan fingerprint density at radius 1 is 1.24 bits per heavy atom. The minimum Gasteiger partial charge on any atom is -0.387 e. The monoisotopic (exact) mass is 313 g/mol. The van der Waals surface area contributed by atoms with Gasteiger partial charge in [0, 0.05) is 25.2 Å². The van der Waals surface area contributed by atoms with Crippen LogP contribution in [0.5, 0.6) is 0 Å². The summed E-state index contributed by atoms with van der Waals surface area (Å²) in [7, 11) is -2.14. The molecule has 1 aliphatic carbocycles. The Balaban J connectivity index is 2.28. The van der Waals surface area contributed by atoms with Crippen molar-refractivity contribution in [2.45, 2.75) is 43.0 Å². The lowest BCUT2D eigenvalue weighted by molar-refractivity contribution is -0.384. The number of nitro benzene ring substituents is 1. The summed E-state index contributed by atoms with van der Waals surface area (Å²) in [6.45, 7) is 0. The number of benzene rings is 1. The van der Waals surface area contributed by atoms with Crippen molar-refractivity contribution in [1.82, 2.24) is 4.72 Å². The number of non-ortho nitro benzene ring substituents is 1. The zero-order valence-corrected chi connectivity index (χ0v) is 12.6. The van der Waals surface area contributed by atoms with Crippen molar-refractivity contribution in [2.75, 3.05) is 12.4 Å². The van der Waals surface area contributed by atoms with E-state index in [0.717, 1.165) is 32.1 Å². The summed E-state index contributed by atoms with van der Waals surface area (Å²) in [4.78, 5) is 10.3. The van der Waals surface area contributed by atoms with Crippen molar-refractivity contribution in [3.8, 4) is 0 Å². The smallest absolute Gasteiger partial charge is 0.271 e. The van der Waals surface area contributed by atoms with Crippen molar-refractivity contribution in [2.24, 2.45) is 0 Å². The maximum atomic E-state index is 12.4. The van der Waals surface area contributed by atoms with E-state index in [1.165, 1.54) is 18.2 Å². The molecule has 0 heterocycles. The fourth-order valence-corrected chi connectivity index (χ4v) is 4.06. The second-order valence-corrected chi connectivity index (χ2v) is 6.83. The average Bonchev–Trinajstić information content (AvgIpc) is 2.47. The number of nitro groups is 1. The summed E-state index contributed by atoms with van der Waals surface area (Å²) in [5.74, 6) is 0. The zero-order chi connectivity index (χ0) is 15.5. The first kappa shape index (κ1) is 15.7. The van der Waals surface area contributed by atoms with E-state index >= 15 is 0 Å². The third-order valence-electron chi connectivity index (χ3n) is 3.66. The molecular weight excluding hydrogens is 294 g/mol. The van der Waals surface area contributed by atoms with Crippen LogP contribution in [-0.4, -0.2) is 26.4 Å². The maximum Gasteiger partial charge on any atom is 0.271 e. The van der Waals surface area contributed by atoms with E-state index in [1.807, 2.05) is 0 Å². The van der Waals surface area contributed by atoms with E-state index in [1.54, 1.807) is 7.05 Å². The SMILES string of the molecule is CNc1cc([N+](=O)[O-])ccc1S(=O)(=O)NC1CCCCC1. The number of rotatable bonds is 5. The van der Waals surface area contributed by atoms with Gasteiger partial charge >= 0.3 is 0 Å². The molecule has 0 aliphatic heterocycles. The average molecular weight is 313 g/mol. The molecule has 7 nitrogen and oxygen atoms in total. The van der Waals surface area contributed by atoms with Gasteiger partial charge in [-0.3, -0.25) is 10.1 Å². The van der Waals surface area contributed by atoms with Crippen LogP contribution in [0.4, 0.5) is 11.4 Å². The van der Waals surface area contributed by atoms with Crippen LogP contribution in [0.1, 0.15) is 32.1 Å². The van der Waals surface area contributed by atoms with Gasteiger partial charge in [-0.05, 0) is 18.9 Å². The number of sulfonamides is 1. The first-order valence-electron chi connectivity index (χ1n) is 6.92. The molecule has 0 atom stereocenters. The lowest BCUT2D eigenvalue weighted by atomic mass is 9.96. The number of nitrogens with zero attached hydrogens (tertiary/aromatic N) is 1. The van der Waals surface area contributed by atoms with Gasteiger partial charge in [0.05, 0.1) is 10.6 Å². The van der Waals surface area contributed by atoms with Crippen molar-refractivity contribution in [3.63, 3.8) is 0 Å². The lowest BCUT2D eigenvalue weighted by Gasteiger charge is -2.23. The predicted molar refractivity (Wildman–Crippen MR) is 79.8 cm³/mol. The third-order valence-corrected chi connectivity index (χ3v) is 5.24. The minimum atomic E-state index is -3.68. The minimum absolute atomic E-state index is 0.0428. The molecule has 116 valence electrons. The summed E-state index contributed by atoms with van der Waals surface area (Å²) in [6.07, 6.45) is 4.85. The normalized spacial score (nSPS) is 16.6. The molecule has 2 rings (SSSR count). The van der Waals surface area contributed by atoms with Gasteiger partial charge in [0.1, 0.15) is 4.90 Å². The molecule has 0 amide bonds. The van der Waals surface area contributed by atoms with Crippen LogP contribution < -0.4 is 10.0 Å². The summed E-state index contributed by atoms with van der Waals surface area (Å²) in [5, 5.41) is 13.5. The quantitative estimate of drug-likeness (QED) is 0.641. The van der Waals surface area contributed by atoms with Crippen molar-refractivity contribution in [1.29, 1.82) is 0 Å². The largest absolute Gasteiger partial charge is 0.387 e. The van der Waals surface area contributed by atoms with Crippen molar-refractivity contribution in [3.05, 3.63) is 28.3 Å². The molecule has 0 unspecified atom stereocenters. The molecule has 1 saturated carbocycles. The number of nitrogens with one attached hydrogen (secondary N) is 2. The van der Waals surface area contributed by atoms with Gasteiger partial charge in [0.2, 0.25) is 10.0 Å².